The first-order chi connectivity index (χ1) is 10.8. The van der Waals surface area contributed by atoms with Crippen LogP contribution in [0, 0.1) is 11.6 Å². The van der Waals surface area contributed by atoms with Gasteiger partial charge in [-0.05, 0) is 37.3 Å². The molecule has 0 amide bonds. The molecule has 120 valence electrons. The van der Waals surface area contributed by atoms with Gasteiger partial charge < -0.3 is 9.47 Å². The van der Waals surface area contributed by atoms with Crippen LogP contribution in [0.25, 0.3) is 0 Å². The van der Waals surface area contributed by atoms with Gasteiger partial charge in [0.15, 0.2) is 28.9 Å². The first kappa shape index (κ1) is 16.9. The maximum absolute atomic E-state index is 13.2. The minimum absolute atomic E-state index is 0.0169. The molecule has 0 saturated carbocycles. The summed E-state index contributed by atoms with van der Waals surface area (Å²) < 4.78 is 36.4. The Morgan fingerprint density at radius 3 is 2.30 bits per heavy atom. The van der Waals surface area contributed by atoms with Crippen LogP contribution in [0.2, 0.25) is 5.02 Å². The maximum atomic E-state index is 13.2. The second-order valence-corrected chi connectivity index (χ2v) is 4.96. The molecule has 0 atom stereocenters. The molecule has 0 unspecified atom stereocenters. The highest BCUT2D eigenvalue weighted by molar-refractivity contribution is 6.33. The van der Waals surface area contributed by atoms with Gasteiger partial charge in [-0.15, -0.1) is 0 Å². The molecule has 0 spiro atoms. The highest BCUT2D eigenvalue weighted by Gasteiger charge is 2.19. The summed E-state index contributed by atoms with van der Waals surface area (Å²) in [5, 5.41) is -0.284. The Balaban J connectivity index is 2.34. The van der Waals surface area contributed by atoms with Crippen LogP contribution < -0.4 is 9.47 Å². The molecular formula is C16H11ClF2O4. The van der Waals surface area contributed by atoms with Crippen molar-refractivity contribution in [3.8, 4) is 11.5 Å². The molecule has 0 aromatic heterocycles. The second kappa shape index (κ2) is 6.75. The van der Waals surface area contributed by atoms with E-state index in [2.05, 4.69) is 0 Å². The Kier molecular flexibility index (Phi) is 4.95. The normalized spacial score (nSPS) is 10.3. The summed E-state index contributed by atoms with van der Waals surface area (Å²) in [5.74, 6) is -3.41. The summed E-state index contributed by atoms with van der Waals surface area (Å²) >= 11 is 5.72. The van der Waals surface area contributed by atoms with Gasteiger partial charge in [0.2, 0.25) is 0 Å². The van der Waals surface area contributed by atoms with Crippen LogP contribution >= 0.6 is 11.6 Å². The number of esters is 1. The van der Waals surface area contributed by atoms with Crippen LogP contribution in [0.4, 0.5) is 8.78 Å². The number of rotatable bonds is 4. The van der Waals surface area contributed by atoms with E-state index in [0.29, 0.717) is 17.7 Å². The zero-order valence-corrected chi connectivity index (χ0v) is 12.9. The molecule has 0 radical (unpaired) electrons. The zero-order chi connectivity index (χ0) is 17.1. The number of benzene rings is 2. The molecule has 0 saturated heterocycles. The summed E-state index contributed by atoms with van der Waals surface area (Å²) in [5.41, 5.74) is 0.0378. The van der Waals surface area contributed by atoms with Crippen molar-refractivity contribution in [2.24, 2.45) is 0 Å². The minimum atomic E-state index is -1.22. The Morgan fingerprint density at radius 1 is 1.04 bits per heavy atom. The average molecular weight is 341 g/mol. The van der Waals surface area contributed by atoms with Gasteiger partial charge in [-0.1, -0.05) is 11.6 Å². The van der Waals surface area contributed by atoms with E-state index >= 15 is 0 Å². The molecule has 4 nitrogen and oxygen atoms in total. The van der Waals surface area contributed by atoms with E-state index < -0.39 is 17.6 Å². The van der Waals surface area contributed by atoms with Crippen molar-refractivity contribution < 1.29 is 27.8 Å². The molecule has 0 aliphatic rings. The first-order valence-electron chi connectivity index (χ1n) is 6.39. The van der Waals surface area contributed by atoms with E-state index in [1.54, 1.807) is 0 Å². The van der Waals surface area contributed by atoms with Gasteiger partial charge in [-0.3, -0.25) is 4.79 Å². The quantitative estimate of drug-likeness (QED) is 0.365. The van der Waals surface area contributed by atoms with Gasteiger partial charge in [-0.25, -0.2) is 13.6 Å². The zero-order valence-electron chi connectivity index (χ0n) is 12.2. The fourth-order valence-electron chi connectivity index (χ4n) is 1.80. The van der Waals surface area contributed by atoms with Gasteiger partial charge in [0.25, 0.3) is 0 Å². The highest BCUT2D eigenvalue weighted by atomic mass is 35.5. The fraction of sp³-hybridized carbons (Fsp3) is 0.125. The molecule has 0 aliphatic carbocycles. The molecule has 0 heterocycles. The van der Waals surface area contributed by atoms with Crippen molar-refractivity contribution in [1.82, 2.24) is 0 Å². The van der Waals surface area contributed by atoms with Crippen molar-refractivity contribution in [1.29, 1.82) is 0 Å². The van der Waals surface area contributed by atoms with Crippen LogP contribution in [-0.4, -0.2) is 18.9 Å². The molecule has 0 aliphatic heterocycles. The number of ketones is 1. The first-order valence-corrected chi connectivity index (χ1v) is 6.77. The van der Waals surface area contributed by atoms with Crippen LogP contribution in [-0.2, 0) is 0 Å². The van der Waals surface area contributed by atoms with Crippen molar-refractivity contribution in [2.75, 3.05) is 7.11 Å². The van der Waals surface area contributed by atoms with E-state index in [-0.39, 0.29) is 27.9 Å². The summed E-state index contributed by atoms with van der Waals surface area (Å²) in [6.07, 6.45) is 0. The van der Waals surface area contributed by atoms with Gasteiger partial charge in [0.05, 0.1) is 17.7 Å². The SMILES string of the molecule is COc1cc(C(C)=O)ccc1OC(=O)c1cc(F)c(F)cc1Cl. The Bertz CT molecular complexity index is 790. The van der Waals surface area contributed by atoms with E-state index in [1.165, 1.54) is 32.2 Å². The molecule has 2 aromatic rings. The second-order valence-electron chi connectivity index (χ2n) is 4.56. The van der Waals surface area contributed by atoms with Crippen LogP contribution in [0.15, 0.2) is 30.3 Å². The molecule has 0 fully saturated rings. The maximum Gasteiger partial charge on any atom is 0.345 e. The number of halogens is 3. The van der Waals surface area contributed by atoms with Crippen molar-refractivity contribution in [3.05, 3.63) is 58.1 Å². The van der Waals surface area contributed by atoms with Crippen molar-refractivity contribution in [3.63, 3.8) is 0 Å². The van der Waals surface area contributed by atoms with Crippen LogP contribution in [0.1, 0.15) is 27.6 Å². The number of carbonyl (C=O) groups excluding carboxylic acids is 2. The van der Waals surface area contributed by atoms with E-state index in [0.717, 1.165) is 0 Å². The summed E-state index contributed by atoms with van der Waals surface area (Å²) in [6, 6.07) is 5.54. The van der Waals surface area contributed by atoms with Gasteiger partial charge in [0, 0.05) is 5.56 Å². The monoisotopic (exact) mass is 340 g/mol. The summed E-state index contributed by atoms with van der Waals surface area (Å²) in [4.78, 5) is 23.4. The van der Waals surface area contributed by atoms with Crippen LogP contribution in [0.3, 0.4) is 0 Å². The fourth-order valence-corrected chi connectivity index (χ4v) is 2.03. The van der Waals surface area contributed by atoms with Gasteiger partial charge in [-0.2, -0.15) is 0 Å². The lowest BCUT2D eigenvalue weighted by atomic mass is 10.1. The standard InChI is InChI=1S/C16H11ClF2O4/c1-8(20)9-3-4-14(15(5-9)22-2)23-16(21)10-6-12(18)13(19)7-11(10)17/h3-7H,1-2H3. The average Bonchev–Trinajstić information content (AvgIpc) is 2.50. The predicted molar refractivity (Wildman–Crippen MR) is 79.3 cm³/mol. The Labute approximate surface area is 135 Å². The Morgan fingerprint density at radius 2 is 1.70 bits per heavy atom. The molecule has 7 heteroatoms. The lowest BCUT2D eigenvalue weighted by Gasteiger charge is -2.11. The molecular weight excluding hydrogens is 330 g/mol. The lowest BCUT2D eigenvalue weighted by Crippen LogP contribution is -2.11. The minimum Gasteiger partial charge on any atom is -0.493 e. The predicted octanol–water partition coefficient (Wildman–Crippen LogP) is 4.05. The smallest absolute Gasteiger partial charge is 0.345 e. The number of hydrogen-bond acceptors (Lipinski definition) is 4. The number of Topliss-reactive ketones (excluding diaryl/α,β-unsaturated/α-hetero) is 1. The molecule has 2 rings (SSSR count). The number of ether oxygens (including phenoxy) is 2. The summed E-state index contributed by atoms with van der Waals surface area (Å²) in [6.45, 7) is 1.38. The van der Waals surface area contributed by atoms with Crippen molar-refractivity contribution in [2.45, 2.75) is 6.92 Å². The van der Waals surface area contributed by atoms with E-state index in [4.69, 9.17) is 21.1 Å². The Hall–Kier alpha value is -2.47. The summed E-state index contributed by atoms with van der Waals surface area (Å²) in [7, 11) is 1.33. The topological polar surface area (TPSA) is 52.6 Å². The molecule has 0 bridgehead atoms. The third-order valence-corrected chi connectivity index (χ3v) is 3.32. The van der Waals surface area contributed by atoms with Gasteiger partial charge >= 0.3 is 5.97 Å². The van der Waals surface area contributed by atoms with E-state index in [9.17, 15) is 18.4 Å². The molecule has 2 aromatic carbocycles. The lowest BCUT2D eigenvalue weighted by molar-refractivity contribution is 0.0729. The van der Waals surface area contributed by atoms with Crippen LogP contribution in [0.5, 0.6) is 11.5 Å². The number of hydrogen-bond donors (Lipinski definition) is 0. The third kappa shape index (κ3) is 3.65. The van der Waals surface area contributed by atoms with Crippen molar-refractivity contribution >= 4 is 23.4 Å². The number of carbonyl (C=O) groups is 2. The number of methoxy groups -OCH3 is 1. The van der Waals surface area contributed by atoms with E-state index in [1.807, 2.05) is 0 Å². The third-order valence-electron chi connectivity index (χ3n) is 3.00. The molecule has 0 N–H and O–H groups in total. The van der Waals surface area contributed by atoms with Gasteiger partial charge in [0.1, 0.15) is 0 Å². The largest absolute Gasteiger partial charge is 0.493 e. The highest BCUT2D eigenvalue weighted by Crippen LogP contribution is 2.30. The molecule has 23 heavy (non-hydrogen) atoms.